The minimum absolute atomic E-state index is 0.00491. The molecule has 1 N–H and O–H groups in total. The molecular formula is C15H20O3. The predicted molar refractivity (Wildman–Crippen MR) is 69.9 cm³/mol. The quantitative estimate of drug-likeness (QED) is 0.890. The maximum atomic E-state index is 11.2. The lowest BCUT2D eigenvalue weighted by Crippen LogP contribution is -2.27. The lowest BCUT2D eigenvalue weighted by molar-refractivity contribution is -0.144. The second-order valence-corrected chi connectivity index (χ2v) is 5.48. The van der Waals surface area contributed by atoms with Gasteiger partial charge in [0.25, 0.3) is 0 Å². The summed E-state index contributed by atoms with van der Waals surface area (Å²) in [5.74, 6) is 0.00110. The van der Waals surface area contributed by atoms with Crippen LogP contribution in [-0.4, -0.2) is 17.2 Å². The first-order chi connectivity index (χ1) is 8.47. The first-order valence-electron chi connectivity index (χ1n) is 6.46. The van der Waals surface area contributed by atoms with Crippen molar-refractivity contribution in [2.24, 2.45) is 11.8 Å². The van der Waals surface area contributed by atoms with Crippen LogP contribution in [0, 0.1) is 18.8 Å². The van der Waals surface area contributed by atoms with Gasteiger partial charge in [-0.25, -0.2) is 0 Å². The summed E-state index contributed by atoms with van der Waals surface area (Å²) in [6.07, 6.45) is 1.42. The summed E-state index contributed by atoms with van der Waals surface area (Å²) in [4.78, 5) is 11.2. The minimum atomic E-state index is -0.722. The van der Waals surface area contributed by atoms with Crippen LogP contribution >= 0.6 is 0 Å². The summed E-state index contributed by atoms with van der Waals surface area (Å²) in [7, 11) is 0. The summed E-state index contributed by atoms with van der Waals surface area (Å²) in [6, 6.07) is 6.13. The zero-order valence-electron chi connectivity index (χ0n) is 11.1. The number of aliphatic carboxylic acids is 1. The van der Waals surface area contributed by atoms with E-state index in [0.717, 1.165) is 12.2 Å². The van der Waals surface area contributed by atoms with Crippen LogP contribution in [0.25, 0.3) is 0 Å². The Kier molecular flexibility index (Phi) is 3.60. The Bertz CT molecular complexity index is 451. The monoisotopic (exact) mass is 248 g/mol. The molecule has 2 unspecified atom stereocenters. The third kappa shape index (κ3) is 2.66. The number of rotatable bonds is 4. The lowest BCUT2D eigenvalue weighted by Gasteiger charge is -2.19. The zero-order chi connectivity index (χ0) is 13.3. The lowest BCUT2D eigenvalue weighted by atomic mass is 9.89. The van der Waals surface area contributed by atoms with Crippen molar-refractivity contribution in [1.82, 2.24) is 0 Å². The number of aryl methyl sites for hydroxylation is 1. The van der Waals surface area contributed by atoms with Crippen LogP contribution in [-0.2, 0) is 11.2 Å². The molecule has 0 bridgehead atoms. The number of fused-ring (bicyclic) bond motifs is 1. The highest BCUT2D eigenvalue weighted by atomic mass is 16.5. The zero-order valence-corrected chi connectivity index (χ0v) is 11.1. The Morgan fingerprint density at radius 3 is 2.83 bits per heavy atom. The average molecular weight is 248 g/mol. The number of ether oxygens (including phenoxy) is 1. The summed E-state index contributed by atoms with van der Waals surface area (Å²) < 4.78 is 5.83. The van der Waals surface area contributed by atoms with Crippen molar-refractivity contribution in [3.63, 3.8) is 0 Å². The van der Waals surface area contributed by atoms with Gasteiger partial charge in [-0.15, -0.1) is 0 Å². The fraction of sp³-hybridized carbons (Fsp3) is 0.533. The van der Waals surface area contributed by atoms with Crippen LogP contribution in [0.4, 0.5) is 0 Å². The van der Waals surface area contributed by atoms with Crippen LogP contribution < -0.4 is 4.74 Å². The molecule has 2 atom stereocenters. The summed E-state index contributed by atoms with van der Waals surface area (Å²) in [5.41, 5.74) is 2.42. The molecule has 0 radical (unpaired) electrons. The van der Waals surface area contributed by atoms with E-state index >= 15 is 0 Å². The molecule has 0 fully saturated rings. The van der Waals surface area contributed by atoms with E-state index in [0.29, 0.717) is 6.42 Å². The molecule has 1 aromatic carbocycles. The van der Waals surface area contributed by atoms with E-state index < -0.39 is 5.97 Å². The van der Waals surface area contributed by atoms with Crippen LogP contribution in [0.3, 0.4) is 0 Å². The van der Waals surface area contributed by atoms with Crippen molar-refractivity contribution < 1.29 is 14.6 Å². The van der Waals surface area contributed by atoms with Crippen molar-refractivity contribution in [2.75, 3.05) is 0 Å². The molecule has 0 saturated carbocycles. The van der Waals surface area contributed by atoms with Gasteiger partial charge in [0, 0.05) is 6.42 Å². The maximum Gasteiger partial charge on any atom is 0.306 e. The third-order valence-corrected chi connectivity index (χ3v) is 3.60. The molecular weight excluding hydrogens is 228 g/mol. The van der Waals surface area contributed by atoms with Crippen molar-refractivity contribution in [3.05, 3.63) is 29.3 Å². The Hall–Kier alpha value is -1.51. The highest BCUT2D eigenvalue weighted by Crippen LogP contribution is 2.33. The van der Waals surface area contributed by atoms with Crippen molar-refractivity contribution >= 4 is 5.97 Å². The Morgan fingerprint density at radius 2 is 2.22 bits per heavy atom. The van der Waals surface area contributed by atoms with Crippen LogP contribution in [0.15, 0.2) is 18.2 Å². The molecule has 0 aromatic heterocycles. The number of hydrogen-bond acceptors (Lipinski definition) is 2. The summed E-state index contributed by atoms with van der Waals surface area (Å²) in [6.45, 7) is 5.96. The largest absolute Gasteiger partial charge is 0.490 e. The molecule has 0 spiro atoms. The van der Waals surface area contributed by atoms with Gasteiger partial charge in [0.2, 0.25) is 0 Å². The first-order valence-corrected chi connectivity index (χ1v) is 6.46. The maximum absolute atomic E-state index is 11.2. The van der Waals surface area contributed by atoms with Crippen LogP contribution in [0.1, 0.15) is 31.4 Å². The molecule has 1 aliphatic rings. The second kappa shape index (κ2) is 5.01. The number of benzene rings is 1. The standard InChI is InChI=1S/C15H20O3/c1-9(2)13(15(16)17)8-12-7-11-6-10(3)4-5-14(11)18-12/h4-6,9,12-13H,7-8H2,1-3H3,(H,16,17). The molecule has 98 valence electrons. The van der Waals surface area contributed by atoms with Gasteiger partial charge in [0.1, 0.15) is 11.9 Å². The third-order valence-electron chi connectivity index (χ3n) is 3.60. The van der Waals surface area contributed by atoms with E-state index in [1.54, 1.807) is 0 Å². The molecule has 0 saturated heterocycles. The molecule has 18 heavy (non-hydrogen) atoms. The Morgan fingerprint density at radius 1 is 1.50 bits per heavy atom. The van der Waals surface area contributed by atoms with E-state index in [9.17, 15) is 9.90 Å². The number of carboxylic acids is 1. The van der Waals surface area contributed by atoms with Crippen LogP contribution in [0.2, 0.25) is 0 Å². The molecule has 1 heterocycles. The highest BCUT2D eigenvalue weighted by Gasteiger charge is 2.30. The van der Waals surface area contributed by atoms with Gasteiger partial charge in [0.15, 0.2) is 0 Å². The molecule has 0 amide bonds. The number of carboxylic acid groups (broad SMARTS) is 1. The van der Waals surface area contributed by atoms with Crippen molar-refractivity contribution in [2.45, 2.75) is 39.7 Å². The van der Waals surface area contributed by atoms with Gasteiger partial charge in [-0.05, 0) is 30.9 Å². The first kappa shape index (κ1) is 12.9. The second-order valence-electron chi connectivity index (χ2n) is 5.48. The normalized spacial score (nSPS) is 19.4. The topological polar surface area (TPSA) is 46.5 Å². The van der Waals surface area contributed by atoms with Crippen molar-refractivity contribution in [3.8, 4) is 5.75 Å². The molecule has 1 aliphatic heterocycles. The predicted octanol–water partition coefficient (Wildman–Crippen LogP) is 3.05. The van der Waals surface area contributed by atoms with Gasteiger partial charge in [0.05, 0.1) is 5.92 Å². The van der Waals surface area contributed by atoms with Gasteiger partial charge < -0.3 is 9.84 Å². The SMILES string of the molecule is Cc1ccc2c(c1)CC(CC(C(=O)O)C(C)C)O2. The summed E-state index contributed by atoms with van der Waals surface area (Å²) in [5, 5.41) is 9.21. The fourth-order valence-corrected chi connectivity index (χ4v) is 2.52. The van der Waals surface area contributed by atoms with E-state index in [2.05, 4.69) is 13.0 Å². The molecule has 1 aromatic rings. The van der Waals surface area contributed by atoms with E-state index in [-0.39, 0.29) is 17.9 Å². The fourth-order valence-electron chi connectivity index (χ4n) is 2.52. The van der Waals surface area contributed by atoms with Crippen molar-refractivity contribution in [1.29, 1.82) is 0 Å². The highest BCUT2D eigenvalue weighted by molar-refractivity contribution is 5.70. The van der Waals surface area contributed by atoms with Crippen LogP contribution in [0.5, 0.6) is 5.75 Å². The minimum Gasteiger partial charge on any atom is -0.490 e. The molecule has 3 heteroatoms. The Balaban J connectivity index is 2.05. The molecule has 2 rings (SSSR count). The van der Waals surface area contributed by atoms with Gasteiger partial charge in [-0.3, -0.25) is 4.79 Å². The number of hydrogen-bond donors (Lipinski definition) is 1. The van der Waals surface area contributed by atoms with Gasteiger partial charge in [-0.2, -0.15) is 0 Å². The number of carbonyl (C=O) groups is 1. The van der Waals surface area contributed by atoms with E-state index in [1.165, 1.54) is 11.1 Å². The van der Waals surface area contributed by atoms with E-state index in [4.69, 9.17) is 4.74 Å². The Labute approximate surface area is 108 Å². The van der Waals surface area contributed by atoms with Gasteiger partial charge in [-0.1, -0.05) is 31.5 Å². The van der Waals surface area contributed by atoms with Gasteiger partial charge >= 0.3 is 5.97 Å². The molecule has 0 aliphatic carbocycles. The summed E-state index contributed by atoms with van der Waals surface area (Å²) >= 11 is 0. The average Bonchev–Trinajstić information content (AvgIpc) is 2.66. The molecule has 3 nitrogen and oxygen atoms in total. The van der Waals surface area contributed by atoms with E-state index in [1.807, 2.05) is 26.0 Å². The smallest absolute Gasteiger partial charge is 0.306 e.